The number of rotatable bonds is 4. The molecule has 0 bridgehead atoms. The standard InChI is InChI=1S/C20H21ClFNO5S/c1-10-5-7-15(22)17(11(10)2)13(4)18(20(24)25)23-9-28-19-12(3)14(21)6-8-16(19)29(23,26)27/h5-8,13,18H,9H2,1-4H3,(H,24,25)/t13-,18+/m1/s1. The summed E-state index contributed by atoms with van der Waals surface area (Å²) in [5, 5.41) is 10.2. The number of sulfonamides is 1. The van der Waals surface area contributed by atoms with Crippen LogP contribution in [0.3, 0.4) is 0 Å². The van der Waals surface area contributed by atoms with Crippen molar-refractivity contribution in [2.75, 3.05) is 6.73 Å². The maximum atomic E-state index is 14.6. The van der Waals surface area contributed by atoms with Crippen LogP contribution < -0.4 is 4.74 Å². The molecule has 0 aromatic heterocycles. The first-order valence-electron chi connectivity index (χ1n) is 8.90. The van der Waals surface area contributed by atoms with Crippen LogP contribution in [0.2, 0.25) is 5.02 Å². The van der Waals surface area contributed by atoms with Crippen molar-refractivity contribution < 1.29 is 27.4 Å². The van der Waals surface area contributed by atoms with Gasteiger partial charge < -0.3 is 9.84 Å². The monoisotopic (exact) mass is 441 g/mol. The van der Waals surface area contributed by atoms with Crippen LogP contribution in [-0.4, -0.2) is 36.6 Å². The van der Waals surface area contributed by atoms with Crippen LogP contribution in [0.1, 0.15) is 35.1 Å². The zero-order chi connectivity index (χ0) is 21.7. The number of hydrogen-bond donors (Lipinski definition) is 1. The van der Waals surface area contributed by atoms with Gasteiger partial charge in [0.1, 0.15) is 22.5 Å². The smallest absolute Gasteiger partial charge is 0.322 e. The van der Waals surface area contributed by atoms with E-state index in [-0.39, 0.29) is 16.2 Å². The number of aliphatic carboxylic acids is 1. The molecule has 29 heavy (non-hydrogen) atoms. The molecule has 0 spiro atoms. The second kappa shape index (κ2) is 7.59. The predicted molar refractivity (Wildman–Crippen MR) is 106 cm³/mol. The van der Waals surface area contributed by atoms with Crippen molar-refractivity contribution in [3.63, 3.8) is 0 Å². The fourth-order valence-corrected chi connectivity index (χ4v) is 5.54. The number of ether oxygens (including phenoxy) is 1. The average Bonchev–Trinajstić information content (AvgIpc) is 2.63. The summed E-state index contributed by atoms with van der Waals surface area (Å²) in [7, 11) is -4.21. The van der Waals surface area contributed by atoms with Crippen molar-refractivity contribution in [3.8, 4) is 5.75 Å². The Balaban J connectivity index is 2.13. The fourth-order valence-electron chi connectivity index (χ4n) is 3.69. The van der Waals surface area contributed by atoms with E-state index in [9.17, 15) is 22.7 Å². The summed E-state index contributed by atoms with van der Waals surface area (Å²) in [6.07, 6.45) is 0. The number of benzene rings is 2. The van der Waals surface area contributed by atoms with E-state index in [1.165, 1.54) is 25.1 Å². The minimum Gasteiger partial charge on any atom is -0.480 e. The van der Waals surface area contributed by atoms with Crippen molar-refractivity contribution >= 4 is 27.6 Å². The van der Waals surface area contributed by atoms with E-state index in [2.05, 4.69) is 0 Å². The van der Waals surface area contributed by atoms with Crippen LogP contribution in [0.25, 0.3) is 0 Å². The van der Waals surface area contributed by atoms with Crippen LogP contribution in [0.15, 0.2) is 29.2 Å². The van der Waals surface area contributed by atoms with Crippen LogP contribution in [-0.2, 0) is 14.8 Å². The number of carboxylic acid groups (broad SMARTS) is 1. The summed E-state index contributed by atoms with van der Waals surface area (Å²) in [6.45, 7) is 6.08. The normalized spacial score (nSPS) is 17.9. The molecule has 1 N–H and O–H groups in total. The summed E-state index contributed by atoms with van der Waals surface area (Å²) in [5.41, 5.74) is 1.99. The van der Waals surface area contributed by atoms with Crippen LogP contribution >= 0.6 is 11.6 Å². The molecule has 2 atom stereocenters. The molecule has 0 amide bonds. The third-order valence-electron chi connectivity index (χ3n) is 5.45. The molecule has 6 nitrogen and oxygen atoms in total. The molecule has 2 aromatic rings. The fraction of sp³-hybridized carbons (Fsp3) is 0.350. The molecular weight excluding hydrogens is 421 g/mol. The summed E-state index contributed by atoms with van der Waals surface area (Å²) in [5.74, 6) is -2.83. The van der Waals surface area contributed by atoms with Gasteiger partial charge in [0.25, 0.3) is 0 Å². The van der Waals surface area contributed by atoms with Crippen LogP contribution in [0.5, 0.6) is 5.75 Å². The third-order valence-corrected chi connectivity index (χ3v) is 7.69. The Bertz CT molecular complexity index is 1100. The Morgan fingerprint density at radius 2 is 1.86 bits per heavy atom. The zero-order valence-electron chi connectivity index (χ0n) is 16.4. The highest BCUT2D eigenvalue weighted by atomic mass is 35.5. The van der Waals surface area contributed by atoms with Gasteiger partial charge in [0.15, 0.2) is 6.73 Å². The SMILES string of the molecule is Cc1ccc(F)c([C@@H](C)[C@@H](C(=O)O)N2COc3c(ccc(Cl)c3C)S2(=O)=O)c1C. The minimum atomic E-state index is -4.21. The van der Waals surface area contributed by atoms with E-state index in [0.29, 0.717) is 16.1 Å². The number of aryl methyl sites for hydroxylation is 1. The predicted octanol–water partition coefficient (Wildman–Crippen LogP) is 4.00. The lowest BCUT2D eigenvalue weighted by atomic mass is 9.88. The minimum absolute atomic E-state index is 0.100. The lowest BCUT2D eigenvalue weighted by Gasteiger charge is -2.36. The maximum absolute atomic E-state index is 14.6. The van der Waals surface area contributed by atoms with Gasteiger partial charge in [-0.2, -0.15) is 0 Å². The van der Waals surface area contributed by atoms with Gasteiger partial charge in [-0.15, -0.1) is 4.31 Å². The Morgan fingerprint density at radius 3 is 2.48 bits per heavy atom. The van der Waals surface area contributed by atoms with Gasteiger partial charge in [0, 0.05) is 16.5 Å². The summed E-state index contributed by atoms with van der Waals surface area (Å²) < 4.78 is 47.4. The molecule has 156 valence electrons. The zero-order valence-corrected chi connectivity index (χ0v) is 17.9. The van der Waals surface area contributed by atoms with E-state index in [4.69, 9.17) is 16.3 Å². The molecule has 3 rings (SSSR count). The van der Waals surface area contributed by atoms with Gasteiger partial charge in [-0.05, 0) is 55.7 Å². The van der Waals surface area contributed by atoms with Gasteiger partial charge in [-0.3, -0.25) is 4.79 Å². The molecule has 0 radical (unpaired) electrons. The van der Waals surface area contributed by atoms with Crippen molar-refractivity contribution in [1.82, 2.24) is 4.31 Å². The van der Waals surface area contributed by atoms with E-state index in [1.54, 1.807) is 26.8 Å². The Morgan fingerprint density at radius 1 is 1.21 bits per heavy atom. The lowest BCUT2D eigenvalue weighted by molar-refractivity contribution is -0.143. The first-order valence-corrected chi connectivity index (χ1v) is 10.7. The molecule has 0 saturated heterocycles. The first-order chi connectivity index (χ1) is 13.5. The summed E-state index contributed by atoms with van der Waals surface area (Å²) in [4.78, 5) is 12.0. The number of carbonyl (C=O) groups is 1. The number of nitrogens with zero attached hydrogens (tertiary/aromatic N) is 1. The number of fused-ring (bicyclic) bond motifs is 1. The quantitative estimate of drug-likeness (QED) is 0.775. The molecule has 0 fully saturated rings. The van der Waals surface area contributed by atoms with Crippen molar-refractivity contribution in [1.29, 1.82) is 0 Å². The van der Waals surface area contributed by atoms with E-state index in [1.807, 2.05) is 0 Å². The second-order valence-electron chi connectivity index (χ2n) is 7.14. The van der Waals surface area contributed by atoms with E-state index >= 15 is 0 Å². The van der Waals surface area contributed by atoms with Gasteiger partial charge in [-0.1, -0.05) is 24.6 Å². The highest BCUT2D eigenvalue weighted by Gasteiger charge is 2.45. The largest absolute Gasteiger partial charge is 0.480 e. The molecule has 0 unspecified atom stereocenters. The van der Waals surface area contributed by atoms with Gasteiger partial charge in [0.2, 0.25) is 10.0 Å². The molecule has 9 heteroatoms. The summed E-state index contributed by atoms with van der Waals surface area (Å²) in [6, 6.07) is 4.01. The van der Waals surface area contributed by atoms with Crippen molar-refractivity contribution in [2.45, 2.75) is 44.6 Å². The van der Waals surface area contributed by atoms with Gasteiger partial charge in [0.05, 0.1) is 0 Å². The highest BCUT2D eigenvalue weighted by molar-refractivity contribution is 7.89. The Kier molecular flexibility index (Phi) is 5.64. The molecule has 1 aliphatic rings. The second-order valence-corrected chi connectivity index (χ2v) is 9.41. The summed E-state index contributed by atoms with van der Waals surface area (Å²) >= 11 is 6.04. The molecule has 0 aliphatic carbocycles. The van der Waals surface area contributed by atoms with Crippen LogP contribution in [0, 0.1) is 26.6 Å². The van der Waals surface area contributed by atoms with Crippen molar-refractivity contribution in [2.24, 2.45) is 0 Å². The number of hydrogen-bond acceptors (Lipinski definition) is 4. The number of halogens is 2. The topological polar surface area (TPSA) is 83.9 Å². The lowest BCUT2D eigenvalue weighted by Crippen LogP contribution is -2.51. The number of carboxylic acids is 1. The van der Waals surface area contributed by atoms with Gasteiger partial charge in [-0.25, -0.2) is 12.8 Å². The highest BCUT2D eigenvalue weighted by Crippen LogP contribution is 2.40. The van der Waals surface area contributed by atoms with E-state index in [0.717, 1.165) is 9.87 Å². The third kappa shape index (κ3) is 3.49. The van der Waals surface area contributed by atoms with E-state index < -0.39 is 40.5 Å². The van der Waals surface area contributed by atoms with Gasteiger partial charge >= 0.3 is 5.97 Å². The first kappa shape index (κ1) is 21.5. The molecule has 0 saturated carbocycles. The Hall–Kier alpha value is -2.16. The molecule has 1 aliphatic heterocycles. The maximum Gasteiger partial charge on any atom is 0.322 e. The van der Waals surface area contributed by atoms with Crippen molar-refractivity contribution in [3.05, 3.63) is 57.4 Å². The van der Waals surface area contributed by atoms with Crippen LogP contribution in [0.4, 0.5) is 4.39 Å². The Labute approximate surface area is 173 Å². The molecule has 1 heterocycles. The average molecular weight is 442 g/mol. The molecular formula is C20H21ClFNO5S. The molecule has 2 aromatic carbocycles.